The van der Waals surface area contributed by atoms with E-state index in [4.69, 9.17) is 11.6 Å². The van der Waals surface area contributed by atoms with Crippen LogP contribution in [-0.4, -0.2) is 9.78 Å². The van der Waals surface area contributed by atoms with E-state index in [1.807, 2.05) is 11.6 Å². The lowest BCUT2D eigenvalue weighted by atomic mass is 10.5. The standard InChI is InChI=1S/C6H8BrClN2/c1-2-10-6(3-8)5(7)4-9-10/h4H,2-3H2,1H3. The Morgan fingerprint density at radius 3 is 2.90 bits per heavy atom. The molecule has 0 saturated carbocycles. The molecule has 1 heterocycles. The Labute approximate surface area is 73.3 Å². The molecule has 0 aromatic carbocycles. The Bertz CT molecular complexity index is 222. The van der Waals surface area contributed by atoms with Gasteiger partial charge in [-0.05, 0) is 22.9 Å². The molecule has 0 atom stereocenters. The third kappa shape index (κ3) is 1.35. The summed E-state index contributed by atoms with van der Waals surface area (Å²) in [5.41, 5.74) is 1.05. The molecule has 0 spiro atoms. The maximum Gasteiger partial charge on any atom is 0.0673 e. The van der Waals surface area contributed by atoms with E-state index in [2.05, 4.69) is 21.0 Å². The van der Waals surface area contributed by atoms with Gasteiger partial charge in [0.1, 0.15) is 0 Å². The lowest BCUT2D eigenvalue weighted by Gasteiger charge is -1.99. The minimum absolute atomic E-state index is 0.508. The first kappa shape index (κ1) is 8.08. The third-order valence-electron chi connectivity index (χ3n) is 1.32. The van der Waals surface area contributed by atoms with Crippen LogP contribution in [0.25, 0.3) is 0 Å². The summed E-state index contributed by atoms with van der Waals surface area (Å²) in [6.07, 6.45) is 1.77. The summed E-state index contributed by atoms with van der Waals surface area (Å²) in [5, 5.41) is 4.09. The van der Waals surface area contributed by atoms with E-state index in [-0.39, 0.29) is 0 Å². The fraction of sp³-hybridized carbons (Fsp3) is 0.500. The molecule has 1 aromatic heterocycles. The molecule has 0 aliphatic heterocycles. The summed E-state index contributed by atoms with van der Waals surface area (Å²) < 4.78 is 2.86. The summed E-state index contributed by atoms with van der Waals surface area (Å²) in [6.45, 7) is 2.91. The number of nitrogens with zero attached hydrogens (tertiary/aromatic N) is 2. The van der Waals surface area contributed by atoms with Crippen molar-refractivity contribution in [2.75, 3.05) is 0 Å². The van der Waals surface area contributed by atoms with Crippen molar-refractivity contribution >= 4 is 27.5 Å². The van der Waals surface area contributed by atoms with Gasteiger partial charge in [0, 0.05) is 6.54 Å². The average Bonchev–Trinajstić information content (AvgIpc) is 2.30. The second-order valence-corrected chi connectivity index (χ2v) is 3.01. The molecule has 0 saturated heterocycles. The van der Waals surface area contributed by atoms with Gasteiger partial charge >= 0.3 is 0 Å². The maximum absolute atomic E-state index is 5.67. The first-order chi connectivity index (χ1) is 4.79. The van der Waals surface area contributed by atoms with E-state index in [1.165, 1.54) is 0 Å². The molecular weight excluding hydrogens is 215 g/mol. The minimum atomic E-state index is 0.508. The van der Waals surface area contributed by atoms with Crippen LogP contribution in [0.5, 0.6) is 0 Å². The molecule has 2 nitrogen and oxygen atoms in total. The highest BCUT2D eigenvalue weighted by atomic mass is 79.9. The van der Waals surface area contributed by atoms with Crippen molar-refractivity contribution in [1.29, 1.82) is 0 Å². The fourth-order valence-corrected chi connectivity index (χ4v) is 1.67. The molecule has 0 radical (unpaired) electrons. The Hall–Kier alpha value is -0.0200. The first-order valence-electron chi connectivity index (χ1n) is 3.05. The minimum Gasteiger partial charge on any atom is -0.267 e. The highest BCUT2D eigenvalue weighted by molar-refractivity contribution is 9.10. The number of halogens is 2. The molecule has 56 valence electrons. The lowest BCUT2D eigenvalue weighted by molar-refractivity contribution is 0.636. The molecular formula is C6H8BrClN2. The van der Waals surface area contributed by atoms with Crippen molar-refractivity contribution < 1.29 is 0 Å². The zero-order valence-electron chi connectivity index (χ0n) is 5.64. The molecule has 0 N–H and O–H groups in total. The summed E-state index contributed by atoms with van der Waals surface area (Å²) >= 11 is 9.02. The monoisotopic (exact) mass is 222 g/mol. The SMILES string of the molecule is CCn1ncc(Br)c1CCl. The average molecular weight is 224 g/mol. The second kappa shape index (κ2) is 3.39. The second-order valence-electron chi connectivity index (χ2n) is 1.89. The number of rotatable bonds is 2. The van der Waals surface area contributed by atoms with Crippen LogP contribution in [0.1, 0.15) is 12.6 Å². The molecule has 0 aliphatic rings. The summed E-state index contributed by atoms with van der Waals surface area (Å²) in [7, 11) is 0. The summed E-state index contributed by atoms with van der Waals surface area (Å²) in [6, 6.07) is 0. The number of hydrogen-bond donors (Lipinski definition) is 0. The van der Waals surface area contributed by atoms with Crippen molar-refractivity contribution in [2.24, 2.45) is 0 Å². The summed E-state index contributed by atoms with van der Waals surface area (Å²) in [4.78, 5) is 0. The smallest absolute Gasteiger partial charge is 0.0673 e. The van der Waals surface area contributed by atoms with Crippen molar-refractivity contribution in [2.45, 2.75) is 19.3 Å². The Morgan fingerprint density at radius 1 is 1.80 bits per heavy atom. The molecule has 10 heavy (non-hydrogen) atoms. The van der Waals surface area contributed by atoms with Gasteiger partial charge in [-0.2, -0.15) is 5.10 Å². The quantitative estimate of drug-likeness (QED) is 0.704. The maximum atomic E-state index is 5.67. The van der Waals surface area contributed by atoms with Gasteiger partial charge in [0.15, 0.2) is 0 Å². The zero-order valence-corrected chi connectivity index (χ0v) is 7.98. The Kier molecular flexibility index (Phi) is 2.74. The highest BCUT2D eigenvalue weighted by Crippen LogP contribution is 2.17. The van der Waals surface area contributed by atoms with Gasteiger partial charge in [-0.25, -0.2) is 0 Å². The van der Waals surface area contributed by atoms with E-state index >= 15 is 0 Å². The van der Waals surface area contributed by atoms with Crippen molar-refractivity contribution in [1.82, 2.24) is 9.78 Å². The van der Waals surface area contributed by atoms with Crippen molar-refractivity contribution in [3.8, 4) is 0 Å². The number of hydrogen-bond acceptors (Lipinski definition) is 1. The molecule has 0 bridgehead atoms. The highest BCUT2D eigenvalue weighted by Gasteiger charge is 2.04. The fourth-order valence-electron chi connectivity index (χ4n) is 0.793. The van der Waals surface area contributed by atoms with E-state index in [0.29, 0.717) is 5.88 Å². The normalized spacial score (nSPS) is 10.3. The molecule has 4 heteroatoms. The van der Waals surface area contributed by atoms with Crippen molar-refractivity contribution in [3.63, 3.8) is 0 Å². The number of alkyl halides is 1. The van der Waals surface area contributed by atoms with E-state index in [1.54, 1.807) is 6.20 Å². The van der Waals surface area contributed by atoms with Gasteiger partial charge < -0.3 is 0 Å². The molecule has 0 fully saturated rings. The van der Waals surface area contributed by atoms with Crippen LogP contribution >= 0.6 is 27.5 Å². The molecule has 1 rings (SSSR count). The van der Waals surface area contributed by atoms with Gasteiger partial charge in [0.25, 0.3) is 0 Å². The van der Waals surface area contributed by atoms with Crippen LogP contribution in [0.15, 0.2) is 10.7 Å². The molecule has 0 unspecified atom stereocenters. The van der Waals surface area contributed by atoms with Crippen LogP contribution in [0.3, 0.4) is 0 Å². The van der Waals surface area contributed by atoms with Gasteiger partial charge in [-0.1, -0.05) is 0 Å². The largest absolute Gasteiger partial charge is 0.267 e. The van der Waals surface area contributed by atoms with Gasteiger partial charge in [-0.15, -0.1) is 11.6 Å². The van der Waals surface area contributed by atoms with Crippen LogP contribution in [0.2, 0.25) is 0 Å². The molecule has 1 aromatic rings. The van der Waals surface area contributed by atoms with Gasteiger partial charge in [0.2, 0.25) is 0 Å². The zero-order chi connectivity index (χ0) is 7.56. The predicted octanol–water partition coefficient (Wildman–Crippen LogP) is 2.40. The Balaban J connectivity index is 3.01. The topological polar surface area (TPSA) is 17.8 Å². The van der Waals surface area contributed by atoms with Crippen molar-refractivity contribution in [3.05, 3.63) is 16.4 Å². The van der Waals surface area contributed by atoms with Crippen LogP contribution in [-0.2, 0) is 12.4 Å². The van der Waals surface area contributed by atoms with E-state index in [9.17, 15) is 0 Å². The number of aromatic nitrogens is 2. The number of aryl methyl sites for hydroxylation is 1. The molecule has 0 aliphatic carbocycles. The Morgan fingerprint density at radius 2 is 2.50 bits per heavy atom. The van der Waals surface area contributed by atoms with E-state index < -0.39 is 0 Å². The van der Waals surface area contributed by atoms with Crippen LogP contribution < -0.4 is 0 Å². The summed E-state index contributed by atoms with van der Waals surface area (Å²) in [5.74, 6) is 0.508. The third-order valence-corrected chi connectivity index (χ3v) is 2.24. The molecule has 0 amide bonds. The van der Waals surface area contributed by atoms with Gasteiger partial charge in [0.05, 0.1) is 22.2 Å². The van der Waals surface area contributed by atoms with E-state index in [0.717, 1.165) is 16.7 Å². The lowest BCUT2D eigenvalue weighted by Crippen LogP contribution is -2.00. The predicted molar refractivity (Wildman–Crippen MR) is 45.2 cm³/mol. The first-order valence-corrected chi connectivity index (χ1v) is 4.38. The van der Waals surface area contributed by atoms with Gasteiger partial charge in [-0.3, -0.25) is 4.68 Å². The van der Waals surface area contributed by atoms with Crippen LogP contribution in [0, 0.1) is 0 Å². The van der Waals surface area contributed by atoms with Crippen LogP contribution in [0.4, 0.5) is 0 Å².